The number of benzene rings is 1. The van der Waals surface area contributed by atoms with E-state index in [1.54, 1.807) is 36.9 Å². The Hall–Kier alpha value is -3.39. The van der Waals surface area contributed by atoms with Gasteiger partial charge in [-0.1, -0.05) is 12.1 Å². The molecule has 27 heavy (non-hydrogen) atoms. The van der Waals surface area contributed by atoms with Crippen molar-refractivity contribution in [1.29, 1.82) is 0 Å². The van der Waals surface area contributed by atoms with E-state index in [-0.39, 0.29) is 5.75 Å². The van der Waals surface area contributed by atoms with Crippen LogP contribution < -0.4 is 10.1 Å². The molecule has 0 radical (unpaired) electrons. The maximum absolute atomic E-state index is 14.1. The molecule has 134 valence electrons. The monoisotopic (exact) mass is 382 g/mol. The molecule has 3 heterocycles. The van der Waals surface area contributed by atoms with Crippen LogP contribution in [0.3, 0.4) is 0 Å². The Labute approximate surface area is 157 Å². The first-order valence-corrected chi connectivity index (χ1v) is 8.77. The highest BCUT2D eigenvalue weighted by Gasteiger charge is 2.16. The van der Waals surface area contributed by atoms with E-state index in [1.807, 2.05) is 11.4 Å². The second kappa shape index (κ2) is 7.46. The van der Waals surface area contributed by atoms with Crippen molar-refractivity contribution in [3.63, 3.8) is 0 Å². The minimum atomic E-state index is -0.793. The largest absolute Gasteiger partial charge is 0.450 e. The molecule has 0 aliphatic carbocycles. The summed E-state index contributed by atoms with van der Waals surface area (Å²) in [6.45, 7) is 0. The Morgan fingerprint density at radius 2 is 1.81 bits per heavy atom. The topological polar surface area (TPSA) is 59.9 Å². The lowest BCUT2D eigenvalue weighted by molar-refractivity contribution is 0.408. The van der Waals surface area contributed by atoms with Gasteiger partial charge >= 0.3 is 0 Å². The second-order valence-electron chi connectivity index (χ2n) is 5.42. The molecule has 3 aromatic heterocycles. The zero-order valence-electron chi connectivity index (χ0n) is 13.8. The van der Waals surface area contributed by atoms with Gasteiger partial charge in [0.1, 0.15) is 11.6 Å². The number of rotatable bonds is 5. The van der Waals surface area contributed by atoms with Crippen LogP contribution >= 0.6 is 11.3 Å². The van der Waals surface area contributed by atoms with Crippen LogP contribution in [0.2, 0.25) is 0 Å². The fourth-order valence-electron chi connectivity index (χ4n) is 2.41. The third kappa shape index (κ3) is 3.75. The highest BCUT2D eigenvalue weighted by Crippen LogP contribution is 2.36. The second-order valence-corrected chi connectivity index (χ2v) is 6.32. The van der Waals surface area contributed by atoms with Gasteiger partial charge in [-0.25, -0.2) is 18.7 Å². The Kier molecular flexibility index (Phi) is 4.71. The van der Waals surface area contributed by atoms with Crippen LogP contribution in [0.4, 0.5) is 19.7 Å². The molecule has 1 N–H and O–H groups in total. The molecule has 1 aromatic carbocycles. The molecular formula is C19H12F2N4OS. The lowest BCUT2D eigenvalue weighted by Gasteiger charge is -2.13. The highest BCUT2D eigenvalue weighted by atomic mass is 32.1. The summed E-state index contributed by atoms with van der Waals surface area (Å²) in [5.41, 5.74) is 1.26. The minimum Gasteiger partial charge on any atom is -0.450 e. The third-order valence-corrected chi connectivity index (χ3v) is 4.33. The number of ether oxygens (including phenoxy) is 1. The molecule has 0 aliphatic rings. The van der Waals surface area contributed by atoms with Gasteiger partial charge in [0.25, 0.3) is 0 Å². The summed E-state index contributed by atoms with van der Waals surface area (Å²) in [5, 5.41) is 5.49. The van der Waals surface area contributed by atoms with E-state index in [1.165, 1.54) is 17.4 Å². The van der Waals surface area contributed by atoms with Gasteiger partial charge in [0.15, 0.2) is 22.5 Å². The number of pyridine rings is 2. The smallest absolute Gasteiger partial charge is 0.198 e. The number of halogens is 2. The van der Waals surface area contributed by atoms with Crippen LogP contribution in [0.15, 0.2) is 66.6 Å². The Balaban J connectivity index is 1.77. The summed E-state index contributed by atoms with van der Waals surface area (Å²) in [6.07, 6.45) is 6.46. The third-order valence-electron chi connectivity index (χ3n) is 3.64. The lowest BCUT2D eigenvalue weighted by Crippen LogP contribution is -1.98. The van der Waals surface area contributed by atoms with E-state index in [0.717, 1.165) is 12.1 Å². The molecule has 0 saturated carbocycles. The Morgan fingerprint density at radius 3 is 2.52 bits per heavy atom. The van der Waals surface area contributed by atoms with Gasteiger partial charge in [-0.3, -0.25) is 4.98 Å². The number of para-hydroxylation sites is 1. The SMILES string of the molecule is Fc1cccc(F)c1Oc1cc(Nc2nccs2)ncc1-c1cccnc1. The summed E-state index contributed by atoms with van der Waals surface area (Å²) in [5.74, 6) is -1.39. The number of anilines is 2. The normalized spacial score (nSPS) is 10.6. The zero-order chi connectivity index (χ0) is 18.6. The van der Waals surface area contributed by atoms with Crippen molar-refractivity contribution in [2.24, 2.45) is 0 Å². The molecule has 0 amide bonds. The van der Waals surface area contributed by atoms with E-state index in [2.05, 4.69) is 20.3 Å². The first-order chi connectivity index (χ1) is 13.2. The minimum absolute atomic E-state index is 0.237. The van der Waals surface area contributed by atoms with Crippen molar-refractivity contribution in [3.8, 4) is 22.6 Å². The van der Waals surface area contributed by atoms with Crippen LogP contribution in [0.5, 0.6) is 11.5 Å². The van der Waals surface area contributed by atoms with Gasteiger partial charge in [0, 0.05) is 47.4 Å². The van der Waals surface area contributed by atoms with E-state index in [4.69, 9.17) is 4.74 Å². The predicted octanol–water partition coefficient (Wildman–Crippen LogP) is 5.41. The molecule has 0 unspecified atom stereocenters. The van der Waals surface area contributed by atoms with Crippen molar-refractivity contribution in [1.82, 2.24) is 15.0 Å². The number of thiazole rings is 1. The Bertz CT molecular complexity index is 1040. The highest BCUT2D eigenvalue weighted by molar-refractivity contribution is 7.13. The average Bonchev–Trinajstić information content (AvgIpc) is 3.19. The van der Waals surface area contributed by atoms with Crippen LogP contribution in [-0.2, 0) is 0 Å². The standard InChI is InChI=1S/C19H12F2N4OS/c20-14-4-1-5-15(21)18(14)26-16-9-17(25-19-23-7-8-27-19)24-11-13(16)12-3-2-6-22-10-12/h1-11H,(H,23,24,25). The Morgan fingerprint density at radius 1 is 0.963 bits per heavy atom. The first-order valence-electron chi connectivity index (χ1n) is 7.89. The van der Waals surface area contributed by atoms with Crippen LogP contribution in [0.25, 0.3) is 11.1 Å². The van der Waals surface area contributed by atoms with Crippen molar-refractivity contribution >= 4 is 22.3 Å². The summed E-state index contributed by atoms with van der Waals surface area (Å²) >= 11 is 1.40. The molecule has 0 fully saturated rings. The molecule has 0 saturated heterocycles. The lowest BCUT2D eigenvalue weighted by atomic mass is 10.1. The van der Waals surface area contributed by atoms with Crippen LogP contribution in [-0.4, -0.2) is 15.0 Å². The van der Waals surface area contributed by atoms with Crippen molar-refractivity contribution in [2.75, 3.05) is 5.32 Å². The first kappa shape index (κ1) is 17.0. The maximum atomic E-state index is 14.1. The van der Waals surface area contributed by atoms with Crippen LogP contribution in [0, 0.1) is 11.6 Å². The fraction of sp³-hybridized carbons (Fsp3) is 0. The number of nitrogens with zero attached hydrogens (tertiary/aromatic N) is 3. The van der Waals surface area contributed by atoms with Gasteiger partial charge in [0.2, 0.25) is 0 Å². The van der Waals surface area contributed by atoms with E-state index >= 15 is 0 Å². The number of nitrogens with one attached hydrogen (secondary N) is 1. The number of hydrogen-bond acceptors (Lipinski definition) is 6. The quantitative estimate of drug-likeness (QED) is 0.500. The fourth-order valence-corrected chi connectivity index (χ4v) is 2.95. The molecule has 0 bridgehead atoms. The van der Waals surface area contributed by atoms with Crippen molar-refractivity contribution in [3.05, 3.63) is 78.2 Å². The van der Waals surface area contributed by atoms with Gasteiger partial charge in [-0.15, -0.1) is 11.3 Å². The van der Waals surface area contributed by atoms with Gasteiger partial charge in [-0.2, -0.15) is 0 Å². The van der Waals surface area contributed by atoms with E-state index in [9.17, 15) is 8.78 Å². The predicted molar refractivity (Wildman–Crippen MR) is 99.3 cm³/mol. The van der Waals surface area contributed by atoms with Crippen molar-refractivity contribution in [2.45, 2.75) is 0 Å². The molecule has 0 atom stereocenters. The molecular weight excluding hydrogens is 370 g/mol. The van der Waals surface area contributed by atoms with Gasteiger partial charge in [-0.05, 0) is 18.2 Å². The molecule has 4 rings (SSSR count). The average molecular weight is 382 g/mol. The zero-order valence-corrected chi connectivity index (χ0v) is 14.6. The van der Waals surface area contributed by atoms with Crippen LogP contribution in [0.1, 0.15) is 0 Å². The summed E-state index contributed by atoms with van der Waals surface area (Å²) in [4.78, 5) is 12.5. The van der Waals surface area contributed by atoms with Crippen molar-refractivity contribution < 1.29 is 13.5 Å². The van der Waals surface area contributed by atoms with E-state index in [0.29, 0.717) is 22.1 Å². The van der Waals surface area contributed by atoms with E-state index < -0.39 is 17.4 Å². The summed E-state index contributed by atoms with van der Waals surface area (Å²) in [6, 6.07) is 8.68. The summed E-state index contributed by atoms with van der Waals surface area (Å²) in [7, 11) is 0. The molecule has 0 spiro atoms. The molecule has 5 nitrogen and oxygen atoms in total. The van der Waals surface area contributed by atoms with Gasteiger partial charge < -0.3 is 10.1 Å². The summed E-state index contributed by atoms with van der Waals surface area (Å²) < 4.78 is 33.7. The molecule has 0 aliphatic heterocycles. The molecule has 8 heteroatoms. The molecule has 4 aromatic rings. The number of aromatic nitrogens is 3. The van der Waals surface area contributed by atoms with Gasteiger partial charge in [0.05, 0.1) is 0 Å². The number of hydrogen-bond donors (Lipinski definition) is 1. The maximum Gasteiger partial charge on any atom is 0.198 e.